The predicted molar refractivity (Wildman–Crippen MR) is 75.6 cm³/mol. The Balaban J connectivity index is 2.30. The SMILES string of the molecule is C=CCCC(O)CN(C)C(C)Cc1ccsc1. The molecule has 1 aromatic heterocycles. The van der Waals surface area contributed by atoms with Crippen LogP contribution in [0.1, 0.15) is 25.3 Å². The lowest BCUT2D eigenvalue weighted by Crippen LogP contribution is -2.37. The van der Waals surface area contributed by atoms with Crippen LogP contribution in [-0.4, -0.2) is 35.7 Å². The number of likely N-dealkylation sites (N-methyl/N-ethyl adjacent to an activating group) is 1. The van der Waals surface area contributed by atoms with Gasteiger partial charge in [-0.1, -0.05) is 6.08 Å². The average Bonchev–Trinajstić information content (AvgIpc) is 2.78. The molecule has 0 bridgehead atoms. The van der Waals surface area contributed by atoms with Gasteiger partial charge >= 0.3 is 0 Å². The Labute approximate surface area is 109 Å². The van der Waals surface area contributed by atoms with E-state index in [1.54, 1.807) is 11.3 Å². The van der Waals surface area contributed by atoms with Gasteiger partial charge in [0.05, 0.1) is 6.10 Å². The summed E-state index contributed by atoms with van der Waals surface area (Å²) in [4.78, 5) is 2.23. The van der Waals surface area contributed by atoms with Crippen molar-refractivity contribution < 1.29 is 5.11 Å². The Bertz CT molecular complexity index is 310. The summed E-state index contributed by atoms with van der Waals surface area (Å²) in [6.45, 7) is 6.61. The van der Waals surface area contributed by atoms with Gasteiger partial charge in [0.25, 0.3) is 0 Å². The molecule has 0 radical (unpaired) electrons. The monoisotopic (exact) mass is 253 g/mol. The Morgan fingerprint density at radius 1 is 1.59 bits per heavy atom. The third-order valence-corrected chi connectivity index (χ3v) is 3.80. The zero-order valence-corrected chi connectivity index (χ0v) is 11.6. The Kier molecular flexibility index (Phi) is 6.48. The van der Waals surface area contributed by atoms with Crippen LogP contribution in [0.15, 0.2) is 29.5 Å². The van der Waals surface area contributed by atoms with E-state index in [1.165, 1.54) is 5.56 Å². The summed E-state index contributed by atoms with van der Waals surface area (Å²) < 4.78 is 0. The summed E-state index contributed by atoms with van der Waals surface area (Å²) in [7, 11) is 2.08. The molecule has 1 aromatic rings. The van der Waals surface area contributed by atoms with Crippen LogP contribution in [-0.2, 0) is 6.42 Å². The molecule has 0 saturated heterocycles. The van der Waals surface area contributed by atoms with Gasteiger partial charge < -0.3 is 10.0 Å². The van der Waals surface area contributed by atoms with Crippen LogP contribution in [0.4, 0.5) is 0 Å². The number of allylic oxidation sites excluding steroid dienone is 1. The predicted octanol–water partition coefficient (Wildman–Crippen LogP) is 2.94. The van der Waals surface area contributed by atoms with Gasteiger partial charge in [0.2, 0.25) is 0 Å². The number of nitrogens with zero attached hydrogens (tertiary/aromatic N) is 1. The largest absolute Gasteiger partial charge is 0.392 e. The van der Waals surface area contributed by atoms with Gasteiger partial charge in [0.15, 0.2) is 0 Å². The number of rotatable bonds is 8. The van der Waals surface area contributed by atoms with Gasteiger partial charge in [-0.15, -0.1) is 6.58 Å². The summed E-state index contributed by atoms with van der Waals surface area (Å²) in [6.07, 6.45) is 4.35. The van der Waals surface area contributed by atoms with Crippen LogP contribution in [0.25, 0.3) is 0 Å². The second-order valence-corrected chi connectivity index (χ2v) is 5.42. The van der Waals surface area contributed by atoms with Gasteiger partial charge in [-0.2, -0.15) is 11.3 Å². The van der Waals surface area contributed by atoms with Crippen molar-refractivity contribution in [3.8, 4) is 0 Å². The number of aliphatic hydroxyl groups is 1. The molecule has 0 aliphatic rings. The van der Waals surface area contributed by atoms with Gasteiger partial charge in [0, 0.05) is 12.6 Å². The van der Waals surface area contributed by atoms with Crippen molar-refractivity contribution in [3.63, 3.8) is 0 Å². The molecular weight excluding hydrogens is 230 g/mol. The van der Waals surface area contributed by atoms with E-state index in [2.05, 4.69) is 42.3 Å². The van der Waals surface area contributed by atoms with E-state index in [1.807, 2.05) is 6.08 Å². The van der Waals surface area contributed by atoms with Crippen molar-refractivity contribution in [2.75, 3.05) is 13.6 Å². The van der Waals surface area contributed by atoms with E-state index < -0.39 is 0 Å². The number of hydrogen-bond donors (Lipinski definition) is 1. The van der Waals surface area contributed by atoms with E-state index in [4.69, 9.17) is 0 Å². The molecular formula is C14H23NOS. The fourth-order valence-electron chi connectivity index (χ4n) is 1.82. The minimum absolute atomic E-state index is 0.247. The first-order chi connectivity index (χ1) is 8.13. The first-order valence-electron chi connectivity index (χ1n) is 6.13. The molecule has 0 spiro atoms. The van der Waals surface area contributed by atoms with Gasteiger partial charge in [-0.25, -0.2) is 0 Å². The van der Waals surface area contributed by atoms with Crippen molar-refractivity contribution in [1.82, 2.24) is 4.90 Å². The molecule has 17 heavy (non-hydrogen) atoms. The lowest BCUT2D eigenvalue weighted by atomic mass is 10.1. The smallest absolute Gasteiger partial charge is 0.0670 e. The summed E-state index contributed by atoms with van der Waals surface area (Å²) in [5.41, 5.74) is 1.38. The molecule has 0 aliphatic heterocycles. The standard InChI is InChI=1S/C14H23NOS/c1-4-5-6-14(16)10-15(3)12(2)9-13-7-8-17-11-13/h4,7-8,11-12,14,16H,1,5-6,9-10H2,2-3H3. The average molecular weight is 253 g/mol. The number of hydrogen-bond acceptors (Lipinski definition) is 3. The van der Waals surface area contributed by atoms with Crippen molar-refractivity contribution in [2.24, 2.45) is 0 Å². The van der Waals surface area contributed by atoms with Crippen LogP contribution in [0.2, 0.25) is 0 Å². The van der Waals surface area contributed by atoms with Crippen molar-refractivity contribution in [2.45, 2.75) is 38.3 Å². The molecule has 96 valence electrons. The molecule has 1 heterocycles. The van der Waals surface area contributed by atoms with Crippen LogP contribution < -0.4 is 0 Å². The van der Waals surface area contributed by atoms with E-state index in [9.17, 15) is 5.11 Å². The zero-order valence-electron chi connectivity index (χ0n) is 10.8. The molecule has 1 N–H and O–H groups in total. The van der Waals surface area contributed by atoms with E-state index >= 15 is 0 Å². The molecule has 0 aliphatic carbocycles. The number of aliphatic hydroxyl groups excluding tert-OH is 1. The van der Waals surface area contributed by atoms with Crippen LogP contribution in [0, 0.1) is 0 Å². The third kappa shape index (κ3) is 5.48. The van der Waals surface area contributed by atoms with Crippen molar-refractivity contribution in [1.29, 1.82) is 0 Å². The molecule has 2 atom stereocenters. The van der Waals surface area contributed by atoms with Crippen LogP contribution in [0.5, 0.6) is 0 Å². The highest BCUT2D eigenvalue weighted by Crippen LogP contribution is 2.12. The lowest BCUT2D eigenvalue weighted by molar-refractivity contribution is 0.102. The minimum Gasteiger partial charge on any atom is -0.392 e. The Morgan fingerprint density at radius 3 is 2.94 bits per heavy atom. The summed E-state index contributed by atoms with van der Waals surface area (Å²) >= 11 is 1.74. The molecule has 3 heteroatoms. The van der Waals surface area contributed by atoms with Crippen LogP contribution >= 0.6 is 11.3 Å². The van der Waals surface area contributed by atoms with E-state index in [-0.39, 0.29) is 6.10 Å². The van der Waals surface area contributed by atoms with Crippen molar-refractivity contribution in [3.05, 3.63) is 35.0 Å². The highest BCUT2D eigenvalue weighted by atomic mass is 32.1. The van der Waals surface area contributed by atoms with Gasteiger partial charge in [-0.3, -0.25) is 0 Å². The normalized spacial score (nSPS) is 14.8. The molecule has 0 saturated carbocycles. The fourth-order valence-corrected chi connectivity index (χ4v) is 2.50. The second kappa shape index (κ2) is 7.64. The number of thiophene rings is 1. The Morgan fingerprint density at radius 2 is 2.35 bits per heavy atom. The maximum atomic E-state index is 9.84. The van der Waals surface area contributed by atoms with Crippen LogP contribution in [0.3, 0.4) is 0 Å². The minimum atomic E-state index is -0.247. The Hall–Kier alpha value is -0.640. The molecule has 0 fully saturated rings. The fraction of sp³-hybridized carbons (Fsp3) is 0.571. The molecule has 2 unspecified atom stereocenters. The molecule has 0 amide bonds. The lowest BCUT2D eigenvalue weighted by Gasteiger charge is -2.26. The van der Waals surface area contributed by atoms with Crippen molar-refractivity contribution >= 4 is 11.3 Å². The molecule has 0 aromatic carbocycles. The highest BCUT2D eigenvalue weighted by molar-refractivity contribution is 7.07. The first kappa shape index (κ1) is 14.4. The topological polar surface area (TPSA) is 23.5 Å². The summed E-state index contributed by atoms with van der Waals surface area (Å²) in [5.74, 6) is 0. The maximum absolute atomic E-state index is 9.84. The first-order valence-corrected chi connectivity index (χ1v) is 7.08. The second-order valence-electron chi connectivity index (χ2n) is 4.64. The highest BCUT2D eigenvalue weighted by Gasteiger charge is 2.13. The van der Waals surface area contributed by atoms with E-state index in [0.29, 0.717) is 6.04 Å². The van der Waals surface area contributed by atoms with Gasteiger partial charge in [-0.05, 0) is 55.6 Å². The molecule has 2 nitrogen and oxygen atoms in total. The quantitative estimate of drug-likeness (QED) is 0.720. The maximum Gasteiger partial charge on any atom is 0.0670 e. The zero-order chi connectivity index (χ0) is 12.7. The van der Waals surface area contributed by atoms with Gasteiger partial charge in [0.1, 0.15) is 0 Å². The molecule has 1 rings (SSSR count). The summed E-state index contributed by atoms with van der Waals surface area (Å²) in [6, 6.07) is 2.63. The van der Waals surface area contributed by atoms with E-state index in [0.717, 1.165) is 25.8 Å². The summed E-state index contributed by atoms with van der Waals surface area (Å²) in [5, 5.41) is 14.1. The third-order valence-electron chi connectivity index (χ3n) is 3.07.